The van der Waals surface area contributed by atoms with Crippen LogP contribution >= 0.6 is 23.1 Å². The van der Waals surface area contributed by atoms with Crippen LogP contribution in [0.15, 0.2) is 42.1 Å². The van der Waals surface area contributed by atoms with E-state index in [2.05, 4.69) is 42.0 Å². The zero-order valence-corrected chi connectivity index (χ0v) is 22.4. The Morgan fingerprint density at radius 3 is 2.86 bits per heavy atom. The van der Waals surface area contributed by atoms with Gasteiger partial charge in [-0.1, -0.05) is 50.2 Å². The number of ether oxygens (including phenoxy) is 1. The molecule has 2 aromatic heterocycles. The Kier molecular flexibility index (Phi) is 8.83. The van der Waals surface area contributed by atoms with Crippen LogP contribution in [0.4, 0.5) is 5.00 Å². The van der Waals surface area contributed by atoms with Crippen molar-refractivity contribution in [2.45, 2.75) is 64.3 Å². The number of carbonyl (C=O) groups excluding carboxylic acids is 1. The number of thioether (sulfide) groups is 1. The maximum atomic E-state index is 12.8. The van der Waals surface area contributed by atoms with E-state index in [1.807, 2.05) is 28.8 Å². The number of allylic oxidation sites excluding steroid dienone is 1. The van der Waals surface area contributed by atoms with Gasteiger partial charge in [-0.25, -0.2) is 0 Å². The summed E-state index contributed by atoms with van der Waals surface area (Å²) in [6, 6.07) is 10.3. The lowest BCUT2D eigenvalue weighted by atomic mass is 9.86. The van der Waals surface area contributed by atoms with Gasteiger partial charge < -0.3 is 10.1 Å². The Morgan fingerprint density at radius 2 is 2.17 bits per heavy atom. The Labute approximate surface area is 220 Å². The van der Waals surface area contributed by atoms with Crippen LogP contribution in [0.3, 0.4) is 0 Å². The van der Waals surface area contributed by atoms with Crippen molar-refractivity contribution in [2.24, 2.45) is 5.92 Å². The minimum absolute atomic E-state index is 0.163. The first kappa shape index (κ1) is 26.0. The number of rotatable bonds is 11. The molecule has 0 radical (unpaired) electrons. The van der Waals surface area contributed by atoms with Gasteiger partial charge in [-0.05, 0) is 54.9 Å². The van der Waals surface area contributed by atoms with Crippen molar-refractivity contribution in [3.05, 3.63) is 64.3 Å². The van der Waals surface area contributed by atoms with Crippen LogP contribution in [0, 0.1) is 17.2 Å². The molecule has 0 saturated carbocycles. The van der Waals surface area contributed by atoms with Crippen LogP contribution in [0.1, 0.15) is 54.1 Å². The first-order chi connectivity index (χ1) is 17.6. The van der Waals surface area contributed by atoms with E-state index < -0.39 is 0 Å². The smallest absolute Gasteiger partial charge is 0.235 e. The molecule has 1 unspecified atom stereocenters. The third kappa shape index (κ3) is 6.00. The van der Waals surface area contributed by atoms with Crippen molar-refractivity contribution in [3.63, 3.8) is 0 Å². The van der Waals surface area contributed by atoms with Crippen LogP contribution in [0.25, 0.3) is 0 Å². The summed E-state index contributed by atoms with van der Waals surface area (Å²) in [6.07, 6.45) is 6.90. The second-order valence-corrected chi connectivity index (χ2v) is 10.8. The molecule has 1 aliphatic carbocycles. The number of fused-ring (bicyclic) bond motifs is 1. The van der Waals surface area contributed by atoms with E-state index in [4.69, 9.17) is 4.74 Å². The first-order valence-electron chi connectivity index (χ1n) is 12.3. The lowest BCUT2D eigenvalue weighted by molar-refractivity contribution is -0.113. The van der Waals surface area contributed by atoms with E-state index in [-0.39, 0.29) is 18.3 Å². The van der Waals surface area contributed by atoms with Crippen LogP contribution in [0.5, 0.6) is 5.75 Å². The maximum absolute atomic E-state index is 12.8. The third-order valence-corrected chi connectivity index (χ3v) is 8.58. The molecule has 3 aromatic rings. The predicted molar refractivity (Wildman–Crippen MR) is 145 cm³/mol. The number of benzene rings is 1. The molecule has 0 fully saturated rings. The van der Waals surface area contributed by atoms with Gasteiger partial charge in [0.25, 0.3) is 0 Å². The van der Waals surface area contributed by atoms with Gasteiger partial charge in [-0.15, -0.1) is 28.1 Å². The number of nitrogens with zero attached hydrogens (tertiary/aromatic N) is 4. The second kappa shape index (κ2) is 12.2. The number of anilines is 1. The van der Waals surface area contributed by atoms with Gasteiger partial charge in [-0.3, -0.25) is 9.36 Å². The first-order valence-corrected chi connectivity index (χ1v) is 14.1. The number of hydrogen-bond donors (Lipinski definition) is 1. The van der Waals surface area contributed by atoms with E-state index in [1.54, 1.807) is 17.4 Å². The summed E-state index contributed by atoms with van der Waals surface area (Å²) in [4.78, 5) is 14.0. The number of aromatic nitrogens is 3. The molecule has 1 amide bonds. The molecule has 0 saturated heterocycles. The summed E-state index contributed by atoms with van der Waals surface area (Å²) in [5.41, 5.74) is 3.00. The van der Waals surface area contributed by atoms with Crippen molar-refractivity contribution < 1.29 is 9.53 Å². The predicted octanol–water partition coefficient (Wildman–Crippen LogP) is 5.78. The van der Waals surface area contributed by atoms with E-state index in [0.717, 1.165) is 43.4 Å². The molecule has 36 heavy (non-hydrogen) atoms. The van der Waals surface area contributed by atoms with Gasteiger partial charge in [0.1, 0.15) is 23.4 Å². The molecule has 1 aliphatic rings. The normalized spacial score (nSPS) is 14.6. The molecule has 188 valence electrons. The number of thiophene rings is 1. The summed E-state index contributed by atoms with van der Waals surface area (Å²) in [5.74, 6) is 2.10. The molecule has 2 heterocycles. The summed E-state index contributed by atoms with van der Waals surface area (Å²) in [5, 5.41) is 22.5. The fraction of sp³-hybridized carbons (Fsp3) is 0.407. The van der Waals surface area contributed by atoms with E-state index in [1.165, 1.54) is 22.2 Å². The van der Waals surface area contributed by atoms with Gasteiger partial charge in [0.15, 0.2) is 11.0 Å². The fourth-order valence-electron chi connectivity index (χ4n) is 4.32. The average Bonchev–Trinajstić information content (AvgIpc) is 3.45. The highest BCUT2D eigenvalue weighted by atomic mass is 32.2. The second-order valence-electron chi connectivity index (χ2n) is 8.76. The Balaban J connectivity index is 1.38. The largest absolute Gasteiger partial charge is 0.486 e. The minimum Gasteiger partial charge on any atom is -0.486 e. The zero-order chi connectivity index (χ0) is 25.5. The van der Waals surface area contributed by atoms with Crippen molar-refractivity contribution >= 4 is 34.0 Å². The highest BCUT2D eigenvalue weighted by Crippen LogP contribution is 2.40. The van der Waals surface area contributed by atoms with Gasteiger partial charge >= 0.3 is 0 Å². The molecular weight excluding hydrogens is 490 g/mol. The lowest BCUT2D eigenvalue weighted by Crippen LogP contribution is -2.15. The van der Waals surface area contributed by atoms with Crippen molar-refractivity contribution in [1.82, 2.24) is 14.8 Å². The van der Waals surface area contributed by atoms with Crippen LogP contribution in [-0.4, -0.2) is 26.4 Å². The molecule has 7 nitrogen and oxygen atoms in total. The van der Waals surface area contributed by atoms with Crippen molar-refractivity contribution in [1.29, 1.82) is 5.26 Å². The highest BCUT2D eigenvalue weighted by Gasteiger charge is 2.26. The van der Waals surface area contributed by atoms with Crippen molar-refractivity contribution in [2.75, 3.05) is 11.1 Å². The monoisotopic (exact) mass is 521 g/mol. The zero-order valence-electron chi connectivity index (χ0n) is 20.7. The van der Waals surface area contributed by atoms with E-state index in [9.17, 15) is 10.1 Å². The van der Waals surface area contributed by atoms with Gasteiger partial charge in [-0.2, -0.15) is 5.26 Å². The summed E-state index contributed by atoms with van der Waals surface area (Å²) in [7, 11) is 0. The van der Waals surface area contributed by atoms with E-state index >= 15 is 0 Å². The van der Waals surface area contributed by atoms with E-state index in [0.29, 0.717) is 34.0 Å². The SMILES string of the molecule is C=CCn1c(COc2ccc(CC)cc2)nnc1SCC(=O)Nc1sc2c(c1C#N)CCC(CC)C2. The van der Waals surface area contributed by atoms with Crippen LogP contribution < -0.4 is 10.1 Å². The Morgan fingerprint density at radius 1 is 1.36 bits per heavy atom. The topological polar surface area (TPSA) is 92.8 Å². The molecule has 0 bridgehead atoms. The number of nitriles is 1. The average molecular weight is 522 g/mol. The van der Waals surface area contributed by atoms with Crippen molar-refractivity contribution in [3.8, 4) is 11.8 Å². The van der Waals surface area contributed by atoms with Crippen LogP contribution in [-0.2, 0) is 37.2 Å². The Bertz CT molecular complexity index is 1260. The highest BCUT2D eigenvalue weighted by molar-refractivity contribution is 7.99. The lowest BCUT2D eigenvalue weighted by Gasteiger charge is -2.20. The number of nitrogens with one attached hydrogen (secondary N) is 1. The molecule has 1 aromatic carbocycles. The Hall–Kier alpha value is -3.09. The standard InChI is InChI=1S/C27H31N5O2S2/c1-4-13-32-24(16-34-20-10-7-18(5-2)8-11-20)30-31-27(32)35-17-25(33)29-26-22(15-28)21-12-9-19(6-3)14-23(21)36-26/h4,7-8,10-11,19H,1,5-6,9,12-14,16-17H2,2-3H3,(H,29,33). The molecule has 9 heteroatoms. The number of carbonyl (C=O) groups is 1. The number of amides is 1. The molecule has 0 aliphatic heterocycles. The molecular formula is C27H31N5O2S2. The number of hydrogen-bond acceptors (Lipinski definition) is 7. The van der Waals surface area contributed by atoms with Gasteiger partial charge in [0.2, 0.25) is 5.91 Å². The maximum Gasteiger partial charge on any atom is 0.235 e. The molecule has 0 spiro atoms. The quantitative estimate of drug-likeness (QED) is 0.254. The fourth-order valence-corrected chi connectivity index (χ4v) is 6.41. The summed E-state index contributed by atoms with van der Waals surface area (Å²) >= 11 is 2.86. The summed E-state index contributed by atoms with van der Waals surface area (Å²) < 4.78 is 7.81. The molecule has 4 rings (SSSR count). The third-order valence-electron chi connectivity index (χ3n) is 6.45. The molecule has 1 atom stereocenters. The van der Waals surface area contributed by atoms with Gasteiger partial charge in [0, 0.05) is 11.4 Å². The van der Waals surface area contributed by atoms with Gasteiger partial charge in [0.05, 0.1) is 11.3 Å². The minimum atomic E-state index is -0.163. The molecule has 1 N–H and O–H groups in total. The van der Waals surface area contributed by atoms with Crippen LogP contribution in [0.2, 0.25) is 0 Å². The number of aryl methyl sites for hydroxylation is 1. The summed E-state index contributed by atoms with van der Waals surface area (Å²) in [6.45, 7) is 8.94.